The molecule has 0 bridgehead atoms. The molecule has 1 amide bonds. The Balaban J connectivity index is 2.09. The van der Waals surface area contributed by atoms with Gasteiger partial charge in [0.25, 0.3) is 5.16 Å². The first-order chi connectivity index (χ1) is 8.99. The molecule has 0 aliphatic carbocycles. The molecule has 1 N–H and O–H groups in total. The summed E-state index contributed by atoms with van der Waals surface area (Å²) in [4.78, 5) is 11.7. The summed E-state index contributed by atoms with van der Waals surface area (Å²) in [6.45, 7) is 0. The normalized spacial score (nSPS) is 11.2. The van der Waals surface area contributed by atoms with Gasteiger partial charge in [-0.25, -0.2) is 13.1 Å². The van der Waals surface area contributed by atoms with Gasteiger partial charge < -0.3 is 5.32 Å². The maximum atomic E-state index is 11.9. The second-order valence-corrected chi connectivity index (χ2v) is 5.64. The monoisotopic (exact) mass is 281 g/mol. The summed E-state index contributed by atoms with van der Waals surface area (Å²) in [5, 5.41) is 12.2. The minimum Gasteiger partial charge on any atom is -0.325 e. The Bertz CT molecular complexity index is 680. The molecule has 1 aromatic heterocycles. The van der Waals surface area contributed by atoms with E-state index in [2.05, 4.69) is 20.8 Å². The van der Waals surface area contributed by atoms with Crippen LogP contribution in [0.5, 0.6) is 0 Å². The molecule has 0 aliphatic rings. The lowest BCUT2D eigenvalue weighted by molar-refractivity contribution is -0.113. The molecule has 0 spiro atoms. The molecule has 0 saturated carbocycles. The van der Waals surface area contributed by atoms with Gasteiger partial charge in [0.1, 0.15) is 5.75 Å². The molecule has 2 aromatic rings. The van der Waals surface area contributed by atoms with Gasteiger partial charge in [-0.05, 0) is 22.6 Å². The molecule has 9 heteroatoms. The zero-order valence-electron chi connectivity index (χ0n) is 10.0. The van der Waals surface area contributed by atoms with E-state index in [1.807, 2.05) is 0 Å². The third kappa shape index (κ3) is 3.13. The minimum absolute atomic E-state index is 0.337. The van der Waals surface area contributed by atoms with Crippen LogP contribution < -0.4 is 5.32 Å². The van der Waals surface area contributed by atoms with E-state index in [9.17, 15) is 13.2 Å². The Kier molecular flexibility index (Phi) is 3.56. The second kappa shape index (κ2) is 5.14. The molecule has 0 aliphatic heterocycles. The molecular weight excluding hydrogens is 270 g/mol. The van der Waals surface area contributed by atoms with E-state index < -0.39 is 21.5 Å². The number of anilines is 1. The van der Waals surface area contributed by atoms with Crippen LogP contribution in [0.15, 0.2) is 35.5 Å². The lowest BCUT2D eigenvalue weighted by Crippen LogP contribution is -2.24. The third-order valence-corrected chi connectivity index (χ3v) is 3.78. The number of benzene rings is 1. The highest BCUT2D eigenvalue weighted by Gasteiger charge is 2.25. The van der Waals surface area contributed by atoms with Crippen LogP contribution in [-0.4, -0.2) is 40.3 Å². The van der Waals surface area contributed by atoms with E-state index in [0.29, 0.717) is 5.69 Å². The van der Waals surface area contributed by atoms with Crippen molar-refractivity contribution in [2.75, 3.05) is 11.1 Å². The fourth-order valence-corrected chi connectivity index (χ4v) is 2.59. The number of carbonyl (C=O) groups is 1. The second-order valence-electron chi connectivity index (χ2n) is 3.76. The number of rotatable bonds is 4. The van der Waals surface area contributed by atoms with E-state index in [1.54, 1.807) is 30.3 Å². The van der Waals surface area contributed by atoms with E-state index in [1.165, 1.54) is 7.05 Å². The highest BCUT2D eigenvalue weighted by atomic mass is 32.2. The quantitative estimate of drug-likeness (QED) is 0.818. The molecule has 0 fully saturated rings. The fourth-order valence-electron chi connectivity index (χ4n) is 1.44. The first kappa shape index (κ1) is 13.1. The van der Waals surface area contributed by atoms with Crippen molar-refractivity contribution in [2.24, 2.45) is 7.05 Å². The van der Waals surface area contributed by atoms with Crippen LogP contribution in [-0.2, 0) is 21.7 Å². The van der Waals surface area contributed by atoms with Crippen molar-refractivity contribution in [1.82, 2.24) is 20.2 Å². The number of nitrogens with zero attached hydrogens (tertiary/aromatic N) is 4. The van der Waals surface area contributed by atoms with Gasteiger partial charge in [-0.2, -0.15) is 0 Å². The Hall–Kier alpha value is -2.29. The SMILES string of the molecule is Cn1nnnc1S(=O)(=O)CC(=O)Nc1ccccc1. The zero-order valence-corrected chi connectivity index (χ0v) is 10.8. The van der Waals surface area contributed by atoms with Crippen LogP contribution in [0.2, 0.25) is 0 Å². The van der Waals surface area contributed by atoms with Gasteiger partial charge in [0, 0.05) is 12.7 Å². The maximum absolute atomic E-state index is 11.9. The highest BCUT2D eigenvalue weighted by molar-refractivity contribution is 7.92. The lowest BCUT2D eigenvalue weighted by atomic mass is 10.3. The first-order valence-electron chi connectivity index (χ1n) is 5.29. The largest absolute Gasteiger partial charge is 0.325 e. The molecule has 8 nitrogen and oxygen atoms in total. The Labute approximate surface area is 109 Å². The van der Waals surface area contributed by atoms with Crippen LogP contribution in [0, 0.1) is 0 Å². The molecule has 100 valence electrons. The number of hydrogen-bond donors (Lipinski definition) is 1. The van der Waals surface area contributed by atoms with Crippen LogP contribution >= 0.6 is 0 Å². The van der Waals surface area contributed by atoms with Crippen molar-refractivity contribution >= 4 is 21.4 Å². The van der Waals surface area contributed by atoms with Crippen molar-refractivity contribution in [3.63, 3.8) is 0 Å². The predicted octanol–water partition coefficient (Wildman–Crippen LogP) is -0.378. The average molecular weight is 281 g/mol. The minimum atomic E-state index is -3.85. The van der Waals surface area contributed by atoms with Crippen LogP contribution in [0.4, 0.5) is 5.69 Å². The van der Waals surface area contributed by atoms with Crippen molar-refractivity contribution in [1.29, 1.82) is 0 Å². The van der Waals surface area contributed by atoms with E-state index in [0.717, 1.165) is 4.68 Å². The van der Waals surface area contributed by atoms with E-state index >= 15 is 0 Å². The molecule has 0 unspecified atom stereocenters. The summed E-state index contributed by atoms with van der Waals surface area (Å²) >= 11 is 0. The van der Waals surface area contributed by atoms with Gasteiger partial charge in [0.15, 0.2) is 0 Å². The van der Waals surface area contributed by atoms with Crippen LogP contribution in [0.1, 0.15) is 0 Å². The molecule has 2 rings (SSSR count). The van der Waals surface area contributed by atoms with Gasteiger partial charge in [0.05, 0.1) is 0 Å². The topological polar surface area (TPSA) is 107 Å². The smallest absolute Gasteiger partial charge is 0.267 e. The molecule has 0 saturated heterocycles. The predicted molar refractivity (Wildman–Crippen MR) is 65.9 cm³/mol. The number of aromatic nitrogens is 4. The lowest BCUT2D eigenvalue weighted by Gasteiger charge is -2.04. The summed E-state index contributed by atoms with van der Waals surface area (Å²) in [6, 6.07) is 8.58. The summed E-state index contributed by atoms with van der Waals surface area (Å²) in [6.07, 6.45) is 0. The third-order valence-electron chi connectivity index (χ3n) is 2.24. The highest BCUT2D eigenvalue weighted by Crippen LogP contribution is 2.08. The maximum Gasteiger partial charge on any atom is 0.267 e. The fraction of sp³-hybridized carbons (Fsp3) is 0.200. The number of amides is 1. The number of aryl methyl sites for hydroxylation is 1. The Morgan fingerprint density at radius 2 is 2.00 bits per heavy atom. The van der Waals surface area contributed by atoms with Crippen molar-refractivity contribution in [3.8, 4) is 0 Å². The van der Waals surface area contributed by atoms with E-state index in [-0.39, 0.29) is 5.16 Å². The number of sulfone groups is 1. The van der Waals surface area contributed by atoms with Crippen molar-refractivity contribution in [3.05, 3.63) is 30.3 Å². The van der Waals surface area contributed by atoms with Crippen molar-refractivity contribution in [2.45, 2.75) is 5.16 Å². The molecule has 0 atom stereocenters. The van der Waals surface area contributed by atoms with E-state index in [4.69, 9.17) is 0 Å². The zero-order chi connectivity index (χ0) is 13.9. The van der Waals surface area contributed by atoms with Crippen LogP contribution in [0.25, 0.3) is 0 Å². The average Bonchev–Trinajstić information content (AvgIpc) is 2.76. The summed E-state index contributed by atoms with van der Waals surface area (Å²) in [5.74, 6) is -1.36. The number of hydrogen-bond acceptors (Lipinski definition) is 6. The molecule has 1 heterocycles. The molecule has 0 radical (unpaired) electrons. The first-order valence-corrected chi connectivity index (χ1v) is 6.94. The molecular formula is C10H11N5O3S. The summed E-state index contributed by atoms with van der Waals surface area (Å²) in [5.41, 5.74) is 0.527. The van der Waals surface area contributed by atoms with Gasteiger partial charge in [-0.3, -0.25) is 4.79 Å². The number of tetrazole rings is 1. The Morgan fingerprint density at radius 3 is 2.58 bits per heavy atom. The van der Waals surface area contributed by atoms with Gasteiger partial charge in [-0.15, -0.1) is 0 Å². The van der Waals surface area contributed by atoms with Gasteiger partial charge in [0.2, 0.25) is 15.7 Å². The Morgan fingerprint density at radius 1 is 1.32 bits per heavy atom. The molecule has 1 aromatic carbocycles. The van der Waals surface area contributed by atoms with Crippen molar-refractivity contribution < 1.29 is 13.2 Å². The van der Waals surface area contributed by atoms with Gasteiger partial charge in [-0.1, -0.05) is 23.3 Å². The summed E-state index contributed by atoms with van der Waals surface area (Å²) < 4.78 is 24.8. The van der Waals surface area contributed by atoms with Crippen LogP contribution in [0.3, 0.4) is 0 Å². The summed E-state index contributed by atoms with van der Waals surface area (Å²) in [7, 11) is -2.46. The standard InChI is InChI=1S/C10H11N5O3S/c1-15-10(12-13-14-15)19(17,18)7-9(16)11-8-5-3-2-4-6-8/h2-6H,7H2,1H3,(H,11,16). The number of nitrogens with one attached hydrogen (secondary N) is 1. The number of carbonyl (C=O) groups excluding carboxylic acids is 1. The molecule has 19 heavy (non-hydrogen) atoms. The number of para-hydroxylation sites is 1. The van der Waals surface area contributed by atoms with Gasteiger partial charge >= 0.3 is 0 Å².